The molecule has 3 rings (SSSR count). The Labute approximate surface area is 167 Å². The van der Waals surface area contributed by atoms with Crippen molar-refractivity contribution >= 4 is 23.5 Å². The number of nitrogens with one attached hydrogen (secondary N) is 1. The Morgan fingerprint density at radius 3 is 2.69 bits per heavy atom. The summed E-state index contributed by atoms with van der Waals surface area (Å²) in [5.41, 5.74) is 7.82. The number of hydrogen-bond donors (Lipinski definition) is 2. The highest BCUT2D eigenvalue weighted by Gasteiger charge is 2.32. The number of amidine groups is 1. The van der Waals surface area contributed by atoms with E-state index in [9.17, 15) is 14.0 Å². The molecule has 2 aromatic carbocycles. The van der Waals surface area contributed by atoms with Gasteiger partial charge in [0, 0.05) is 18.1 Å². The number of amides is 2. The van der Waals surface area contributed by atoms with E-state index in [4.69, 9.17) is 10.5 Å². The molecule has 1 heterocycles. The van der Waals surface area contributed by atoms with E-state index in [1.807, 2.05) is 0 Å². The molecule has 0 aliphatic carbocycles. The van der Waals surface area contributed by atoms with Gasteiger partial charge in [0.05, 0.1) is 18.8 Å². The number of benzene rings is 2. The van der Waals surface area contributed by atoms with Crippen LogP contribution in [0.4, 0.5) is 14.9 Å². The first-order chi connectivity index (χ1) is 13.9. The van der Waals surface area contributed by atoms with Crippen molar-refractivity contribution in [3.8, 4) is 11.1 Å². The SMILES string of the molecule is CO/N=C(\N)c1ccc(-c2ccc(N3CC(CNC(C)=O)OC3=O)cc2F)cc1. The lowest BCUT2D eigenvalue weighted by Crippen LogP contribution is -2.33. The molecule has 1 aliphatic heterocycles. The van der Waals surface area contributed by atoms with Crippen LogP contribution in [0.15, 0.2) is 47.6 Å². The van der Waals surface area contributed by atoms with Gasteiger partial charge in [0.25, 0.3) is 0 Å². The number of hydrogen-bond acceptors (Lipinski definition) is 5. The number of halogens is 1. The third-order valence-corrected chi connectivity index (χ3v) is 4.40. The van der Waals surface area contributed by atoms with Crippen molar-refractivity contribution in [1.29, 1.82) is 0 Å². The van der Waals surface area contributed by atoms with Gasteiger partial charge in [0.2, 0.25) is 5.91 Å². The fourth-order valence-electron chi connectivity index (χ4n) is 2.97. The predicted molar refractivity (Wildman–Crippen MR) is 106 cm³/mol. The second-order valence-corrected chi connectivity index (χ2v) is 6.45. The van der Waals surface area contributed by atoms with Gasteiger partial charge < -0.3 is 20.6 Å². The summed E-state index contributed by atoms with van der Waals surface area (Å²) in [7, 11) is 1.40. The van der Waals surface area contributed by atoms with Crippen molar-refractivity contribution in [2.75, 3.05) is 25.1 Å². The van der Waals surface area contributed by atoms with Crippen LogP contribution < -0.4 is 16.0 Å². The fourth-order valence-corrected chi connectivity index (χ4v) is 2.97. The van der Waals surface area contributed by atoms with Crippen LogP contribution in [0.25, 0.3) is 11.1 Å². The number of anilines is 1. The number of cyclic esters (lactones) is 1. The first kappa shape index (κ1) is 20.1. The topological polar surface area (TPSA) is 106 Å². The Morgan fingerprint density at radius 1 is 1.34 bits per heavy atom. The smallest absolute Gasteiger partial charge is 0.414 e. The molecule has 1 fully saturated rings. The minimum Gasteiger partial charge on any atom is -0.442 e. The lowest BCUT2D eigenvalue weighted by atomic mass is 10.0. The van der Waals surface area contributed by atoms with Gasteiger partial charge in [0.15, 0.2) is 5.84 Å². The van der Waals surface area contributed by atoms with Gasteiger partial charge in [-0.1, -0.05) is 29.4 Å². The molecule has 29 heavy (non-hydrogen) atoms. The van der Waals surface area contributed by atoms with Crippen LogP contribution in [-0.2, 0) is 14.4 Å². The summed E-state index contributed by atoms with van der Waals surface area (Å²) in [6, 6.07) is 11.4. The lowest BCUT2D eigenvalue weighted by Gasteiger charge is -2.14. The van der Waals surface area contributed by atoms with Crippen molar-refractivity contribution in [2.24, 2.45) is 10.9 Å². The van der Waals surface area contributed by atoms with E-state index in [-0.39, 0.29) is 24.8 Å². The number of carbonyl (C=O) groups is 2. The first-order valence-corrected chi connectivity index (χ1v) is 8.88. The third-order valence-electron chi connectivity index (χ3n) is 4.40. The van der Waals surface area contributed by atoms with E-state index in [1.54, 1.807) is 36.4 Å². The summed E-state index contributed by atoms with van der Waals surface area (Å²) < 4.78 is 19.9. The molecular weight excluding hydrogens is 379 g/mol. The Hall–Kier alpha value is -3.62. The van der Waals surface area contributed by atoms with Crippen LogP contribution in [0.3, 0.4) is 0 Å². The van der Waals surface area contributed by atoms with Gasteiger partial charge in [-0.15, -0.1) is 0 Å². The molecule has 0 spiro atoms. The number of nitrogens with two attached hydrogens (primary N) is 1. The summed E-state index contributed by atoms with van der Waals surface area (Å²) in [6.07, 6.45) is -1.06. The maximum absolute atomic E-state index is 14.7. The van der Waals surface area contributed by atoms with Gasteiger partial charge >= 0.3 is 6.09 Å². The second-order valence-electron chi connectivity index (χ2n) is 6.45. The zero-order valence-corrected chi connectivity index (χ0v) is 16.0. The summed E-state index contributed by atoms with van der Waals surface area (Å²) in [5.74, 6) is -0.473. The van der Waals surface area contributed by atoms with Crippen molar-refractivity contribution in [3.63, 3.8) is 0 Å². The Balaban J connectivity index is 1.76. The number of carbonyl (C=O) groups excluding carboxylic acids is 2. The molecule has 8 nitrogen and oxygen atoms in total. The minimum atomic E-state index is -0.579. The van der Waals surface area contributed by atoms with Crippen molar-refractivity contribution < 1.29 is 23.6 Å². The maximum atomic E-state index is 14.7. The zero-order valence-electron chi connectivity index (χ0n) is 16.0. The summed E-state index contributed by atoms with van der Waals surface area (Å²) in [4.78, 5) is 29.1. The van der Waals surface area contributed by atoms with Crippen LogP contribution in [0.2, 0.25) is 0 Å². The monoisotopic (exact) mass is 400 g/mol. The van der Waals surface area contributed by atoms with Gasteiger partial charge in [-0.2, -0.15) is 0 Å². The molecule has 152 valence electrons. The molecule has 9 heteroatoms. The highest BCUT2D eigenvalue weighted by molar-refractivity contribution is 5.97. The molecule has 1 aliphatic rings. The quantitative estimate of drug-likeness (QED) is 0.439. The van der Waals surface area contributed by atoms with Crippen LogP contribution in [0.1, 0.15) is 12.5 Å². The highest BCUT2D eigenvalue weighted by atomic mass is 19.1. The van der Waals surface area contributed by atoms with E-state index in [0.717, 1.165) is 0 Å². The normalized spacial score (nSPS) is 16.5. The fraction of sp³-hybridized carbons (Fsp3) is 0.250. The average Bonchev–Trinajstić information content (AvgIpc) is 3.07. The Morgan fingerprint density at radius 2 is 2.07 bits per heavy atom. The molecule has 2 amide bonds. The lowest BCUT2D eigenvalue weighted by molar-refractivity contribution is -0.119. The second kappa shape index (κ2) is 8.59. The van der Waals surface area contributed by atoms with Gasteiger partial charge in [0.1, 0.15) is 19.0 Å². The Kier molecular flexibility index (Phi) is 5.96. The van der Waals surface area contributed by atoms with Crippen LogP contribution in [0, 0.1) is 5.82 Å². The summed E-state index contributed by atoms with van der Waals surface area (Å²) >= 11 is 0. The van der Waals surface area contributed by atoms with Crippen molar-refractivity contribution in [3.05, 3.63) is 53.8 Å². The highest BCUT2D eigenvalue weighted by Crippen LogP contribution is 2.29. The molecule has 0 bridgehead atoms. The van der Waals surface area contributed by atoms with Crippen LogP contribution >= 0.6 is 0 Å². The molecular formula is C20H21FN4O4. The van der Waals surface area contributed by atoms with Gasteiger partial charge in [-0.3, -0.25) is 9.69 Å². The summed E-state index contributed by atoms with van der Waals surface area (Å²) in [6.45, 7) is 1.82. The molecule has 2 aromatic rings. The maximum Gasteiger partial charge on any atom is 0.414 e. The average molecular weight is 400 g/mol. The molecule has 1 unspecified atom stereocenters. The van der Waals surface area contributed by atoms with E-state index in [0.29, 0.717) is 22.4 Å². The number of rotatable bonds is 6. The summed E-state index contributed by atoms with van der Waals surface area (Å²) in [5, 5.41) is 6.25. The first-order valence-electron chi connectivity index (χ1n) is 8.88. The van der Waals surface area contributed by atoms with Crippen LogP contribution in [-0.4, -0.2) is 44.1 Å². The standard InChI is InChI=1S/C20H21FN4O4/c1-12(26)23-10-16-11-25(20(27)29-16)15-7-8-17(18(21)9-15)13-3-5-14(6-4-13)19(22)24-28-2/h3-9,16H,10-11H2,1-2H3,(H2,22,24)(H,23,26). The van der Waals surface area contributed by atoms with E-state index in [2.05, 4.69) is 15.3 Å². The molecule has 3 N–H and O–H groups in total. The van der Waals surface area contributed by atoms with E-state index in [1.165, 1.54) is 25.0 Å². The third kappa shape index (κ3) is 4.63. The molecule has 1 saturated heterocycles. The molecule has 0 radical (unpaired) electrons. The van der Waals surface area contributed by atoms with Crippen molar-refractivity contribution in [2.45, 2.75) is 13.0 Å². The molecule has 1 atom stereocenters. The van der Waals surface area contributed by atoms with Crippen LogP contribution in [0.5, 0.6) is 0 Å². The number of oxime groups is 1. The molecule has 0 saturated carbocycles. The molecule has 0 aromatic heterocycles. The van der Waals surface area contributed by atoms with Crippen molar-refractivity contribution in [1.82, 2.24) is 5.32 Å². The van der Waals surface area contributed by atoms with E-state index < -0.39 is 18.0 Å². The largest absolute Gasteiger partial charge is 0.442 e. The predicted octanol–water partition coefficient (Wildman–Crippen LogP) is 2.22. The number of ether oxygens (including phenoxy) is 1. The van der Waals surface area contributed by atoms with E-state index >= 15 is 0 Å². The van der Waals surface area contributed by atoms with Gasteiger partial charge in [-0.05, 0) is 23.8 Å². The minimum absolute atomic E-state index is 0.208. The number of nitrogens with zero attached hydrogens (tertiary/aromatic N) is 2. The zero-order chi connectivity index (χ0) is 21.0. The van der Waals surface area contributed by atoms with Gasteiger partial charge in [-0.25, -0.2) is 9.18 Å². The Bertz CT molecular complexity index is 946.